The number of carbonyl (C=O) groups excluding carboxylic acids is 2. The summed E-state index contributed by atoms with van der Waals surface area (Å²) in [6.45, 7) is 19.0. The lowest BCUT2D eigenvalue weighted by molar-refractivity contribution is -0.157. The molecular weight excluding hydrogens is 448 g/mol. The zero-order valence-corrected chi connectivity index (χ0v) is 25.3. The third-order valence-corrected chi connectivity index (χ3v) is 9.36. The molecule has 36 heavy (non-hydrogen) atoms. The maximum absolute atomic E-state index is 12.7. The molecule has 0 amide bonds. The van der Waals surface area contributed by atoms with E-state index in [-0.39, 0.29) is 34.6 Å². The first-order valence-electron chi connectivity index (χ1n) is 15.3. The summed E-state index contributed by atoms with van der Waals surface area (Å²) in [6, 6.07) is 0. The van der Waals surface area contributed by atoms with E-state index >= 15 is 0 Å². The predicted octanol–water partition coefficient (Wildman–Crippen LogP) is 9.14. The summed E-state index contributed by atoms with van der Waals surface area (Å²) in [5.41, 5.74) is 0.354. The fourth-order valence-electron chi connectivity index (χ4n) is 5.17. The molecule has 0 aliphatic heterocycles. The van der Waals surface area contributed by atoms with Crippen LogP contribution in [-0.4, -0.2) is 25.2 Å². The molecule has 1 rings (SSSR count). The Kier molecular flexibility index (Phi) is 15.3. The van der Waals surface area contributed by atoms with Crippen LogP contribution in [0.25, 0.3) is 0 Å². The van der Waals surface area contributed by atoms with Gasteiger partial charge in [0.05, 0.1) is 25.0 Å². The molecule has 0 bridgehead atoms. The van der Waals surface area contributed by atoms with Gasteiger partial charge in [-0.2, -0.15) is 0 Å². The third-order valence-electron chi connectivity index (χ3n) is 9.36. The fraction of sp³-hybridized carbons (Fsp3) is 0.938. The van der Waals surface area contributed by atoms with E-state index in [1.54, 1.807) is 0 Å². The van der Waals surface area contributed by atoms with Crippen molar-refractivity contribution in [3.63, 3.8) is 0 Å². The molecule has 4 nitrogen and oxygen atoms in total. The van der Waals surface area contributed by atoms with Crippen LogP contribution in [0.3, 0.4) is 0 Å². The molecule has 0 aromatic rings. The number of hydrogen-bond donors (Lipinski definition) is 0. The minimum atomic E-state index is -0.0751. The molecule has 0 saturated heterocycles. The van der Waals surface area contributed by atoms with Crippen molar-refractivity contribution in [3.8, 4) is 0 Å². The van der Waals surface area contributed by atoms with Gasteiger partial charge < -0.3 is 9.47 Å². The Morgan fingerprint density at radius 1 is 0.639 bits per heavy atom. The highest BCUT2D eigenvalue weighted by Crippen LogP contribution is 2.36. The van der Waals surface area contributed by atoms with E-state index in [0.29, 0.717) is 25.0 Å². The van der Waals surface area contributed by atoms with Gasteiger partial charge in [-0.25, -0.2) is 0 Å². The van der Waals surface area contributed by atoms with Crippen LogP contribution < -0.4 is 0 Å². The van der Waals surface area contributed by atoms with Crippen molar-refractivity contribution in [2.75, 3.05) is 13.2 Å². The Bertz CT molecular complexity index is 562. The smallest absolute Gasteiger partial charge is 0.308 e. The number of carbonyl (C=O) groups is 2. The second kappa shape index (κ2) is 16.7. The van der Waals surface area contributed by atoms with Crippen LogP contribution in [0.4, 0.5) is 0 Å². The van der Waals surface area contributed by atoms with Crippen LogP contribution in [0.15, 0.2) is 0 Å². The first-order chi connectivity index (χ1) is 16.9. The maximum atomic E-state index is 12.7. The van der Waals surface area contributed by atoms with Gasteiger partial charge in [0.15, 0.2) is 0 Å². The molecular formula is C32H60O4. The molecule has 0 aromatic heterocycles. The molecule has 0 spiro atoms. The highest BCUT2D eigenvalue weighted by atomic mass is 16.5. The van der Waals surface area contributed by atoms with Gasteiger partial charge in [0.25, 0.3) is 0 Å². The summed E-state index contributed by atoms with van der Waals surface area (Å²) in [7, 11) is 0. The van der Waals surface area contributed by atoms with Crippen LogP contribution in [0.5, 0.6) is 0 Å². The molecule has 1 fully saturated rings. The molecule has 4 heteroatoms. The number of hydrogen-bond acceptors (Lipinski definition) is 4. The maximum Gasteiger partial charge on any atom is 0.308 e. The van der Waals surface area contributed by atoms with E-state index in [9.17, 15) is 9.59 Å². The monoisotopic (exact) mass is 508 g/mol. The number of esters is 2. The first-order valence-corrected chi connectivity index (χ1v) is 15.3. The largest absolute Gasteiger partial charge is 0.465 e. The van der Waals surface area contributed by atoms with Gasteiger partial charge in [-0.3, -0.25) is 9.59 Å². The lowest BCUT2D eigenvalue weighted by atomic mass is 9.76. The Labute approximate surface area is 224 Å². The first kappa shape index (κ1) is 33.0. The summed E-state index contributed by atoms with van der Waals surface area (Å²) in [6.07, 6.45) is 15.4. The molecule has 2 unspecified atom stereocenters. The SMILES string of the molecule is CCCCCCC(C)(C)C(C)COC(=O)C1CCC(C(=O)OCC(C)C(C)(C)CCCCCC)CC1. The van der Waals surface area contributed by atoms with Crippen LogP contribution in [0.1, 0.15) is 145 Å². The van der Waals surface area contributed by atoms with Gasteiger partial charge in [-0.05, 0) is 61.2 Å². The zero-order valence-electron chi connectivity index (χ0n) is 25.3. The molecule has 1 aliphatic carbocycles. The van der Waals surface area contributed by atoms with Gasteiger partial charge in [0.2, 0.25) is 0 Å². The van der Waals surface area contributed by atoms with Crippen molar-refractivity contribution < 1.29 is 19.1 Å². The van der Waals surface area contributed by atoms with Gasteiger partial charge in [0, 0.05) is 0 Å². The van der Waals surface area contributed by atoms with Crippen LogP contribution >= 0.6 is 0 Å². The average Bonchev–Trinajstić information content (AvgIpc) is 2.85. The number of ether oxygens (including phenoxy) is 2. The van der Waals surface area contributed by atoms with E-state index in [1.807, 2.05) is 0 Å². The lowest BCUT2D eigenvalue weighted by Crippen LogP contribution is -2.32. The molecule has 0 radical (unpaired) electrons. The van der Waals surface area contributed by atoms with Gasteiger partial charge in [-0.1, -0.05) is 107 Å². The Morgan fingerprint density at radius 2 is 0.972 bits per heavy atom. The summed E-state index contributed by atoms with van der Waals surface area (Å²) < 4.78 is 11.5. The van der Waals surface area contributed by atoms with Crippen LogP contribution in [0, 0.1) is 34.5 Å². The van der Waals surface area contributed by atoms with E-state index in [0.717, 1.165) is 25.7 Å². The van der Waals surface area contributed by atoms with Crippen molar-refractivity contribution in [2.24, 2.45) is 34.5 Å². The zero-order chi connectivity index (χ0) is 27.2. The Balaban J connectivity index is 2.34. The molecule has 0 N–H and O–H groups in total. The second-order valence-electron chi connectivity index (χ2n) is 13.2. The highest BCUT2D eigenvalue weighted by molar-refractivity contribution is 5.75. The molecule has 0 aromatic carbocycles. The van der Waals surface area contributed by atoms with Crippen molar-refractivity contribution in [2.45, 2.75) is 145 Å². The van der Waals surface area contributed by atoms with E-state index in [2.05, 4.69) is 55.4 Å². The number of rotatable bonds is 18. The van der Waals surface area contributed by atoms with Crippen molar-refractivity contribution in [1.29, 1.82) is 0 Å². The lowest BCUT2D eigenvalue weighted by Gasteiger charge is -2.33. The van der Waals surface area contributed by atoms with Crippen molar-refractivity contribution in [1.82, 2.24) is 0 Å². The van der Waals surface area contributed by atoms with Gasteiger partial charge in [-0.15, -0.1) is 0 Å². The third kappa shape index (κ3) is 12.0. The molecule has 1 saturated carbocycles. The van der Waals surface area contributed by atoms with E-state index in [1.165, 1.54) is 64.2 Å². The van der Waals surface area contributed by atoms with Gasteiger partial charge >= 0.3 is 11.9 Å². The summed E-state index contributed by atoms with van der Waals surface area (Å²) >= 11 is 0. The number of unbranched alkanes of at least 4 members (excludes halogenated alkanes) is 6. The Hall–Kier alpha value is -1.06. The molecule has 1 aliphatic rings. The Morgan fingerprint density at radius 3 is 1.28 bits per heavy atom. The topological polar surface area (TPSA) is 52.6 Å². The summed E-state index contributed by atoms with van der Waals surface area (Å²) in [5.74, 6) is 0.382. The fourth-order valence-corrected chi connectivity index (χ4v) is 5.17. The minimum absolute atomic E-state index is 0.0742. The van der Waals surface area contributed by atoms with E-state index in [4.69, 9.17) is 9.47 Å². The highest BCUT2D eigenvalue weighted by Gasteiger charge is 2.34. The standard InChI is InChI=1S/C32H60O4/c1-9-11-13-15-21-31(5,6)25(3)23-35-29(33)27-17-19-28(20-18-27)30(34)36-24-26(4)32(7,8)22-16-14-12-10-2/h25-28H,9-24H2,1-8H3. The quantitative estimate of drug-likeness (QED) is 0.137. The molecule has 212 valence electrons. The predicted molar refractivity (Wildman–Crippen MR) is 151 cm³/mol. The van der Waals surface area contributed by atoms with Crippen LogP contribution in [-0.2, 0) is 19.1 Å². The van der Waals surface area contributed by atoms with E-state index < -0.39 is 0 Å². The van der Waals surface area contributed by atoms with Crippen molar-refractivity contribution in [3.05, 3.63) is 0 Å². The minimum Gasteiger partial charge on any atom is -0.465 e. The van der Waals surface area contributed by atoms with Gasteiger partial charge in [0.1, 0.15) is 0 Å². The summed E-state index contributed by atoms with van der Waals surface area (Å²) in [5, 5.41) is 0. The molecule has 0 heterocycles. The molecule has 2 atom stereocenters. The van der Waals surface area contributed by atoms with Crippen LogP contribution in [0.2, 0.25) is 0 Å². The van der Waals surface area contributed by atoms with Crippen molar-refractivity contribution >= 4 is 11.9 Å². The normalized spacial score (nSPS) is 20.6. The summed E-state index contributed by atoms with van der Waals surface area (Å²) in [4.78, 5) is 25.4. The average molecular weight is 509 g/mol. The second-order valence-corrected chi connectivity index (χ2v) is 13.2.